The Morgan fingerprint density at radius 2 is 1.93 bits per heavy atom. The van der Waals surface area contributed by atoms with Crippen LogP contribution in [0.1, 0.15) is 38.6 Å². The normalized spacial score (nSPS) is 13.8. The number of nitrogens with zero attached hydrogens (tertiary/aromatic N) is 3. The predicted octanol–water partition coefficient (Wildman–Crippen LogP) is 2.25. The minimum atomic E-state index is -1.58. The fourth-order valence-corrected chi connectivity index (χ4v) is 2.82. The molecule has 0 fully saturated rings. The molecule has 3 rings (SSSR count). The summed E-state index contributed by atoms with van der Waals surface area (Å²) in [7, 11) is 0. The second-order valence-electron chi connectivity index (χ2n) is 7.89. The molecule has 2 heterocycles. The van der Waals surface area contributed by atoms with Crippen molar-refractivity contribution in [1.82, 2.24) is 15.3 Å². The Balaban J connectivity index is 1.75. The number of aliphatic hydroxyl groups excluding tert-OH is 1. The summed E-state index contributed by atoms with van der Waals surface area (Å²) in [5.74, 6) is 0.746. The topological polar surface area (TPSA) is 143 Å². The maximum Gasteiger partial charge on any atom is 0.408 e. The van der Waals surface area contributed by atoms with E-state index in [1.54, 1.807) is 39.2 Å². The highest BCUT2D eigenvalue weighted by atomic mass is 16.6. The third-order valence-corrected chi connectivity index (χ3v) is 4.18. The highest BCUT2D eigenvalue weighted by Crippen LogP contribution is 2.31. The number of aliphatic hydroxyl groups is 2. The highest BCUT2D eigenvalue weighted by Gasteiger charge is 2.17. The van der Waals surface area contributed by atoms with Gasteiger partial charge in [-0.3, -0.25) is 0 Å². The molecular weight excluding hydrogens is 386 g/mol. The van der Waals surface area contributed by atoms with Crippen molar-refractivity contribution in [2.75, 3.05) is 0 Å². The van der Waals surface area contributed by atoms with Crippen LogP contribution in [0, 0.1) is 0 Å². The van der Waals surface area contributed by atoms with E-state index in [9.17, 15) is 15.0 Å². The zero-order valence-electron chi connectivity index (χ0n) is 17.1. The summed E-state index contributed by atoms with van der Waals surface area (Å²) < 4.78 is 5.18. The van der Waals surface area contributed by atoms with Crippen molar-refractivity contribution < 1.29 is 19.7 Å². The largest absolute Gasteiger partial charge is 0.444 e. The second kappa shape index (κ2) is 8.60. The van der Waals surface area contributed by atoms with Gasteiger partial charge in [-0.15, -0.1) is 0 Å². The number of carbonyl (C=O) groups excluding carboxylic acids is 1. The molecular formula is C21H25N5O4. The number of aliphatic imine (C=N–C) groups is 1. The lowest BCUT2D eigenvalue weighted by atomic mass is 10.0. The Morgan fingerprint density at radius 1 is 1.23 bits per heavy atom. The van der Waals surface area contributed by atoms with Gasteiger partial charge in [0.25, 0.3) is 0 Å². The van der Waals surface area contributed by atoms with Crippen LogP contribution in [-0.4, -0.2) is 44.0 Å². The maximum absolute atomic E-state index is 11.7. The minimum absolute atomic E-state index is 0.150. The summed E-state index contributed by atoms with van der Waals surface area (Å²) >= 11 is 0. The Kier molecular flexibility index (Phi) is 6.14. The van der Waals surface area contributed by atoms with Gasteiger partial charge in [-0.25, -0.2) is 19.8 Å². The lowest BCUT2D eigenvalue weighted by Crippen LogP contribution is -2.32. The molecule has 0 unspecified atom stereocenters. The maximum atomic E-state index is 11.7. The summed E-state index contributed by atoms with van der Waals surface area (Å²) in [5, 5.41) is 21.5. The molecule has 158 valence electrons. The lowest BCUT2D eigenvalue weighted by molar-refractivity contribution is -0.00788. The first-order chi connectivity index (χ1) is 14.1. The van der Waals surface area contributed by atoms with Gasteiger partial charge < -0.3 is 26.0 Å². The monoisotopic (exact) mass is 411 g/mol. The van der Waals surface area contributed by atoms with Gasteiger partial charge in [0.1, 0.15) is 17.3 Å². The number of amides is 1. The van der Waals surface area contributed by atoms with E-state index < -0.39 is 18.0 Å². The Hall–Kier alpha value is -3.30. The molecule has 0 atom stereocenters. The van der Waals surface area contributed by atoms with Crippen molar-refractivity contribution in [3.05, 3.63) is 47.6 Å². The molecule has 0 bridgehead atoms. The lowest BCUT2D eigenvalue weighted by Gasteiger charge is -2.19. The fraction of sp³-hybridized carbons (Fsp3) is 0.333. The van der Waals surface area contributed by atoms with Crippen molar-refractivity contribution in [2.24, 2.45) is 10.7 Å². The smallest absolute Gasteiger partial charge is 0.408 e. The van der Waals surface area contributed by atoms with Crippen molar-refractivity contribution >= 4 is 23.7 Å². The molecule has 9 nitrogen and oxygen atoms in total. The van der Waals surface area contributed by atoms with Crippen LogP contribution in [0.2, 0.25) is 0 Å². The number of nitrogens with one attached hydrogen (secondary N) is 1. The third-order valence-electron chi connectivity index (χ3n) is 4.18. The van der Waals surface area contributed by atoms with E-state index in [0.29, 0.717) is 22.9 Å². The van der Waals surface area contributed by atoms with E-state index in [4.69, 9.17) is 10.5 Å². The first-order valence-electron chi connectivity index (χ1n) is 9.42. The van der Waals surface area contributed by atoms with E-state index in [-0.39, 0.29) is 13.0 Å². The number of carbonyl (C=O) groups is 1. The van der Waals surface area contributed by atoms with Gasteiger partial charge in [-0.1, -0.05) is 12.1 Å². The highest BCUT2D eigenvalue weighted by molar-refractivity contribution is 5.90. The summed E-state index contributed by atoms with van der Waals surface area (Å²) in [6.07, 6.45) is 3.06. The molecule has 1 aliphatic heterocycles. The average Bonchev–Trinajstić information content (AvgIpc) is 2.83. The molecule has 1 aromatic carbocycles. The van der Waals surface area contributed by atoms with Crippen molar-refractivity contribution in [3.63, 3.8) is 0 Å². The summed E-state index contributed by atoms with van der Waals surface area (Å²) in [4.78, 5) is 24.7. The Morgan fingerprint density at radius 3 is 2.57 bits per heavy atom. The summed E-state index contributed by atoms with van der Waals surface area (Å²) in [6, 6.07) is 5.53. The number of hydrogen-bond donors (Lipinski definition) is 4. The van der Waals surface area contributed by atoms with Crippen LogP contribution in [0.5, 0.6) is 0 Å². The standard InChI is InChI=1S/C21H25N5O4/c1-21(2,3)30-20(29)25-11-18-23-9-15(10-24-18)12-4-5-13-6-14(19(27)28)8-17(22)26-16(13)7-12/h4-7,9-10,19,27-28H,8,11H2,1-3H3,(H2,22,26)(H,25,29). The number of aromatic nitrogens is 2. The molecule has 0 saturated heterocycles. The van der Waals surface area contributed by atoms with Gasteiger partial charge in [-0.2, -0.15) is 0 Å². The number of alkyl carbamates (subject to hydrolysis) is 1. The molecule has 1 amide bonds. The van der Waals surface area contributed by atoms with E-state index in [1.807, 2.05) is 18.2 Å². The number of hydrogen-bond acceptors (Lipinski definition) is 8. The van der Waals surface area contributed by atoms with Crippen LogP contribution in [0.4, 0.5) is 10.5 Å². The van der Waals surface area contributed by atoms with Gasteiger partial charge in [-0.05, 0) is 44.1 Å². The minimum Gasteiger partial charge on any atom is -0.444 e. The zero-order chi connectivity index (χ0) is 21.9. The van der Waals surface area contributed by atoms with Crippen molar-refractivity contribution in [2.45, 2.75) is 45.6 Å². The predicted molar refractivity (Wildman–Crippen MR) is 113 cm³/mol. The van der Waals surface area contributed by atoms with Crippen LogP contribution in [0.15, 0.2) is 41.2 Å². The summed E-state index contributed by atoms with van der Waals surface area (Å²) in [6.45, 7) is 5.52. The number of amidine groups is 1. The Labute approximate surface area is 174 Å². The van der Waals surface area contributed by atoms with Crippen molar-refractivity contribution in [3.8, 4) is 11.1 Å². The van der Waals surface area contributed by atoms with Gasteiger partial charge >= 0.3 is 6.09 Å². The van der Waals surface area contributed by atoms with Crippen molar-refractivity contribution in [1.29, 1.82) is 0 Å². The van der Waals surface area contributed by atoms with E-state index in [0.717, 1.165) is 16.7 Å². The molecule has 1 aliphatic rings. The summed E-state index contributed by atoms with van der Waals surface area (Å²) in [5.41, 5.74) is 8.67. The fourth-order valence-electron chi connectivity index (χ4n) is 2.82. The van der Waals surface area contributed by atoms with Crippen LogP contribution in [-0.2, 0) is 11.3 Å². The van der Waals surface area contributed by atoms with Crippen LogP contribution < -0.4 is 11.1 Å². The van der Waals surface area contributed by atoms with E-state index >= 15 is 0 Å². The van der Waals surface area contributed by atoms with E-state index in [2.05, 4.69) is 20.3 Å². The number of ether oxygens (including phenoxy) is 1. The van der Waals surface area contributed by atoms with Crippen LogP contribution in [0.25, 0.3) is 17.2 Å². The number of benzene rings is 1. The molecule has 5 N–H and O–H groups in total. The number of rotatable bonds is 4. The quantitative estimate of drug-likeness (QED) is 0.565. The third kappa shape index (κ3) is 5.62. The molecule has 9 heteroatoms. The van der Waals surface area contributed by atoms with Crippen LogP contribution >= 0.6 is 0 Å². The molecule has 0 radical (unpaired) electrons. The number of nitrogens with two attached hydrogens (primary N) is 1. The van der Waals surface area contributed by atoms with Gasteiger partial charge in [0, 0.05) is 29.9 Å². The SMILES string of the molecule is CC(C)(C)OC(=O)NCc1ncc(-c2ccc3c(c2)N=C(N)CC(C(O)O)=C3)cn1. The number of fused-ring (bicyclic) bond motifs is 1. The molecule has 0 saturated carbocycles. The van der Waals surface area contributed by atoms with Gasteiger partial charge in [0.05, 0.1) is 12.2 Å². The van der Waals surface area contributed by atoms with Gasteiger partial charge in [0.15, 0.2) is 6.29 Å². The average molecular weight is 411 g/mol. The Bertz CT molecular complexity index is 991. The van der Waals surface area contributed by atoms with Crippen LogP contribution in [0.3, 0.4) is 0 Å². The zero-order valence-corrected chi connectivity index (χ0v) is 17.1. The molecule has 0 spiro atoms. The molecule has 2 aromatic rings. The molecule has 1 aromatic heterocycles. The first kappa shape index (κ1) is 21.4. The molecule has 0 aliphatic carbocycles. The second-order valence-corrected chi connectivity index (χ2v) is 7.89. The van der Waals surface area contributed by atoms with E-state index in [1.165, 1.54) is 0 Å². The van der Waals surface area contributed by atoms with Gasteiger partial charge in [0.2, 0.25) is 0 Å². The molecule has 30 heavy (non-hydrogen) atoms. The first-order valence-corrected chi connectivity index (χ1v) is 9.42.